The normalized spacial score (nSPS) is 11.1. The summed E-state index contributed by atoms with van der Waals surface area (Å²) >= 11 is 0. The highest BCUT2D eigenvalue weighted by atomic mass is 16.3. The summed E-state index contributed by atoms with van der Waals surface area (Å²) in [6.45, 7) is 0. The minimum absolute atomic E-state index is 0.883. The molecular weight excluding hydrogens is 320 g/mol. The molecule has 0 aliphatic heterocycles. The van der Waals surface area contributed by atoms with Gasteiger partial charge in [0.15, 0.2) is 0 Å². The smallest absolute Gasteiger partial charge is 0.137 e. The molecule has 0 fully saturated rings. The molecule has 3 heteroatoms. The number of furan rings is 1. The first-order valence-corrected chi connectivity index (χ1v) is 8.57. The van der Waals surface area contributed by atoms with Gasteiger partial charge in [-0.3, -0.25) is 4.98 Å². The molecule has 0 spiro atoms. The van der Waals surface area contributed by atoms with Gasteiger partial charge in [0.1, 0.15) is 11.2 Å². The molecule has 0 saturated heterocycles. The molecule has 2 aromatic heterocycles. The SMILES string of the molecule is c1ccc(-c2cc(Nc3cccc4oc5ccccc5c34)ccn2)cc1. The van der Waals surface area contributed by atoms with E-state index in [9.17, 15) is 0 Å². The third kappa shape index (κ3) is 2.50. The Kier molecular flexibility index (Phi) is 3.42. The van der Waals surface area contributed by atoms with Crippen molar-refractivity contribution in [2.45, 2.75) is 0 Å². The van der Waals surface area contributed by atoms with E-state index in [0.29, 0.717) is 0 Å². The average molecular weight is 336 g/mol. The Hall–Kier alpha value is -3.59. The Morgan fingerprint density at radius 1 is 0.731 bits per heavy atom. The predicted octanol–water partition coefficient (Wildman–Crippen LogP) is 6.39. The number of nitrogens with zero attached hydrogens (tertiary/aromatic N) is 1. The van der Waals surface area contributed by atoms with Crippen LogP contribution in [-0.4, -0.2) is 4.98 Å². The number of nitrogens with one attached hydrogen (secondary N) is 1. The van der Waals surface area contributed by atoms with E-state index < -0.39 is 0 Å². The lowest BCUT2D eigenvalue weighted by molar-refractivity contribution is 0.669. The number of anilines is 2. The van der Waals surface area contributed by atoms with Crippen LogP contribution >= 0.6 is 0 Å². The number of benzene rings is 3. The Labute approximate surface area is 150 Å². The quantitative estimate of drug-likeness (QED) is 0.415. The number of hydrogen-bond acceptors (Lipinski definition) is 3. The lowest BCUT2D eigenvalue weighted by Crippen LogP contribution is -1.92. The number of pyridine rings is 1. The monoisotopic (exact) mass is 336 g/mol. The van der Waals surface area contributed by atoms with Gasteiger partial charge >= 0.3 is 0 Å². The highest BCUT2D eigenvalue weighted by Crippen LogP contribution is 2.35. The molecule has 0 saturated carbocycles. The average Bonchev–Trinajstić information content (AvgIpc) is 3.08. The summed E-state index contributed by atoms with van der Waals surface area (Å²) in [6.07, 6.45) is 1.83. The third-order valence-corrected chi connectivity index (χ3v) is 4.51. The number of fused-ring (bicyclic) bond motifs is 3. The van der Waals surface area contributed by atoms with Crippen LogP contribution in [0.1, 0.15) is 0 Å². The van der Waals surface area contributed by atoms with Gasteiger partial charge < -0.3 is 9.73 Å². The first-order valence-electron chi connectivity index (χ1n) is 8.57. The Morgan fingerprint density at radius 2 is 1.54 bits per heavy atom. The molecule has 0 aliphatic carbocycles. The van der Waals surface area contributed by atoms with Crippen molar-refractivity contribution in [2.24, 2.45) is 0 Å². The fourth-order valence-electron chi connectivity index (χ4n) is 3.31. The van der Waals surface area contributed by atoms with Crippen molar-refractivity contribution >= 4 is 33.3 Å². The third-order valence-electron chi connectivity index (χ3n) is 4.51. The lowest BCUT2D eigenvalue weighted by atomic mass is 10.1. The van der Waals surface area contributed by atoms with E-state index in [1.165, 1.54) is 0 Å². The Morgan fingerprint density at radius 3 is 2.46 bits per heavy atom. The molecule has 5 aromatic rings. The van der Waals surface area contributed by atoms with Crippen molar-refractivity contribution in [1.82, 2.24) is 4.98 Å². The molecule has 0 aliphatic rings. The van der Waals surface area contributed by atoms with Crippen LogP contribution in [0.25, 0.3) is 33.2 Å². The van der Waals surface area contributed by atoms with Gasteiger partial charge in [0.2, 0.25) is 0 Å². The molecule has 26 heavy (non-hydrogen) atoms. The van der Waals surface area contributed by atoms with Crippen LogP contribution in [-0.2, 0) is 0 Å². The predicted molar refractivity (Wildman–Crippen MR) is 107 cm³/mol. The maximum Gasteiger partial charge on any atom is 0.137 e. The molecule has 0 amide bonds. The summed E-state index contributed by atoms with van der Waals surface area (Å²) in [7, 11) is 0. The number of rotatable bonds is 3. The fraction of sp³-hybridized carbons (Fsp3) is 0. The molecule has 2 heterocycles. The summed E-state index contributed by atoms with van der Waals surface area (Å²) in [4.78, 5) is 4.50. The van der Waals surface area contributed by atoms with Crippen molar-refractivity contribution in [1.29, 1.82) is 0 Å². The fourth-order valence-corrected chi connectivity index (χ4v) is 3.31. The van der Waals surface area contributed by atoms with Gasteiger partial charge in [-0.1, -0.05) is 54.6 Å². The number of para-hydroxylation sites is 1. The van der Waals surface area contributed by atoms with Crippen molar-refractivity contribution in [3.05, 3.63) is 91.1 Å². The minimum Gasteiger partial charge on any atom is -0.456 e. The molecule has 0 atom stereocenters. The molecule has 124 valence electrons. The minimum atomic E-state index is 0.883. The second-order valence-corrected chi connectivity index (χ2v) is 6.20. The van der Waals surface area contributed by atoms with Gasteiger partial charge in [0.05, 0.1) is 16.8 Å². The van der Waals surface area contributed by atoms with Crippen LogP contribution in [0.3, 0.4) is 0 Å². The second-order valence-electron chi connectivity index (χ2n) is 6.20. The number of hydrogen-bond donors (Lipinski definition) is 1. The first kappa shape index (κ1) is 14.7. The van der Waals surface area contributed by atoms with Crippen LogP contribution in [0.4, 0.5) is 11.4 Å². The summed E-state index contributed by atoms with van der Waals surface area (Å²) in [5.74, 6) is 0. The van der Waals surface area contributed by atoms with E-state index in [-0.39, 0.29) is 0 Å². The lowest BCUT2D eigenvalue weighted by Gasteiger charge is -2.09. The topological polar surface area (TPSA) is 38.1 Å². The van der Waals surface area contributed by atoms with E-state index in [0.717, 1.165) is 44.6 Å². The zero-order chi connectivity index (χ0) is 17.3. The van der Waals surface area contributed by atoms with E-state index in [1.807, 2.05) is 60.8 Å². The van der Waals surface area contributed by atoms with E-state index in [2.05, 4.69) is 40.6 Å². The molecule has 3 nitrogen and oxygen atoms in total. The maximum atomic E-state index is 5.97. The van der Waals surface area contributed by atoms with Gasteiger partial charge in [-0.15, -0.1) is 0 Å². The van der Waals surface area contributed by atoms with Crippen molar-refractivity contribution in [2.75, 3.05) is 5.32 Å². The zero-order valence-electron chi connectivity index (χ0n) is 14.0. The van der Waals surface area contributed by atoms with Crippen LogP contribution in [0.2, 0.25) is 0 Å². The van der Waals surface area contributed by atoms with E-state index >= 15 is 0 Å². The van der Waals surface area contributed by atoms with Crippen LogP contribution in [0, 0.1) is 0 Å². The number of aromatic nitrogens is 1. The molecule has 3 aromatic carbocycles. The summed E-state index contributed by atoms with van der Waals surface area (Å²) in [5.41, 5.74) is 5.85. The highest BCUT2D eigenvalue weighted by molar-refractivity contribution is 6.11. The van der Waals surface area contributed by atoms with Gasteiger partial charge in [-0.25, -0.2) is 0 Å². The Bertz CT molecular complexity index is 1210. The van der Waals surface area contributed by atoms with E-state index in [1.54, 1.807) is 0 Å². The largest absolute Gasteiger partial charge is 0.456 e. The van der Waals surface area contributed by atoms with Crippen molar-refractivity contribution in [3.8, 4) is 11.3 Å². The first-order chi connectivity index (χ1) is 12.9. The second kappa shape index (κ2) is 6.05. The van der Waals surface area contributed by atoms with Crippen LogP contribution in [0.5, 0.6) is 0 Å². The molecular formula is C23H16N2O. The van der Waals surface area contributed by atoms with Gasteiger partial charge in [0.25, 0.3) is 0 Å². The highest BCUT2D eigenvalue weighted by Gasteiger charge is 2.11. The molecule has 1 N–H and O–H groups in total. The standard InChI is InChI=1S/C23H16N2O/c1-2-7-16(8-3-1)20-15-17(13-14-24-20)25-19-10-6-12-22-23(19)18-9-4-5-11-21(18)26-22/h1-15H,(H,24,25). The van der Waals surface area contributed by atoms with Crippen molar-refractivity contribution < 1.29 is 4.42 Å². The van der Waals surface area contributed by atoms with Crippen LogP contribution in [0.15, 0.2) is 95.5 Å². The molecule has 0 radical (unpaired) electrons. The van der Waals surface area contributed by atoms with Crippen molar-refractivity contribution in [3.63, 3.8) is 0 Å². The van der Waals surface area contributed by atoms with Crippen LogP contribution < -0.4 is 5.32 Å². The van der Waals surface area contributed by atoms with Gasteiger partial charge in [-0.05, 0) is 30.3 Å². The molecule has 5 rings (SSSR count). The Balaban J connectivity index is 1.60. The molecule has 0 unspecified atom stereocenters. The summed E-state index contributed by atoms with van der Waals surface area (Å²) < 4.78 is 5.97. The van der Waals surface area contributed by atoms with Gasteiger partial charge in [-0.2, -0.15) is 0 Å². The maximum absolute atomic E-state index is 5.97. The summed E-state index contributed by atoms with van der Waals surface area (Å²) in [6, 6.07) is 28.4. The van der Waals surface area contributed by atoms with E-state index in [4.69, 9.17) is 4.42 Å². The summed E-state index contributed by atoms with van der Waals surface area (Å²) in [5, 5.41) is 5.75. The molecule has 0 bridgehead atoms. The van der Waals surface area contributed by atoms with Gasteiger partial charge in [0, 0.05) is 22.8 Å². The zero-order valence-corrected chi connectivity index (χ0v) is 14.0.